The van der Waals surface area contributed by atoms with Gasteiger partial charge in [-0.25, -0.2) is 0 Å². The molecule has 0 saturated heterocycles. The molecule has 3 aromatic carbocycles. The predicted molar refractivity (Wildman–Crippen MR) is 98.2 cm³/mol. The van der Waals surface area contributed by atoms with Crippen LogP contribution in [-0.4, -0.2) is 0 Å². The van der Waals surface area contributed by atoms with Crippen molar-refractivity contribution in [2.75, 3.05) is 0 Å². The molecule has 0 saturated carbocycles. The second-order valence-corrected chi connectivity index (χ2v) is 7.25. The van der Waals surface area contributed by atoms with Crippen molar-refractivity contribution in [3.63, 3.8) is 0 Å². The largest absolute Gasteiger partial charge is 0.113 e. The van der Waals surface area contributed by atoms with Crippen LogP contribution in [0.15, 0.2) is 54.6 Å². The molecule has 1 atom stereocenters. The minimum absolute atomic E-state index is 0.0908. The van der Waals surface area contributed by atoms with Gasteiger partial charge in [0.2, 0.25) is 0 Å². The number of alkyl halides is 1. The first-order chi connectivity index (χ1) is 10.2. The maximum Gasteiger partial charge on any atom is 0.0841 e. The molecule has 4 rings (SSSR count). The molecule has 1 aliphatic rings. The number of aryl methyl sites for hydroxylation is 2. The van der Waals surface area contributed by atoms with E-state index in [2.05, 4.69) is 77.2 Å². The molecule has 2 heteroatoms. The van der Waals surface area contributed by atoms with E-state index in [1.165, 1.54) is 31.0 Å². The van der Waals surface area contributed by atoms with E-state index in [-0.39, 0.29) is 5.38 Å². The molecule has 0 spiro atoms. The molecule has 0 aliphatic heterocycles. The molecule has 0 aromatic heterocycles. The lowest BCUT2D eigenvalue weighted by Crippen LogP contribution is -1.96. The third kappa shape index (κ3) is 2.27. The van der Waals surface area contributed by atoms with Gasteiger partial charge in [0.05, 0.1) is 5.38 Å². The van der Waals surface area contributed by atoms with Crippen LogP contribution in [0, 0.1) is 3.57 Å². The van der Waals surface area contributed by atoms with E-state index in [0.717, 1.165) is 18.4 Å². The van der Waals surface area contributed by atoms with Crippen molar-refractivity contribution < 1.29 is 0 Å². The van der Waals surface area contributed by atoms with Crippen LogP contribution in [0.4, 0.5) is 0 Å². The Bertz CT molecular complexity index is 811. The Morgan fingerprint density at radius 1 is 0.857 bits per heavy atom. The first kappa shape index (κ1) is 13.6. The lowest BCUT2D eigenvalue weighted by molar-refractivity contribution is 1.02. The fourth-order valence-corrected chi connectivity index (χ4v) is 4.00. The molecular weight excluding hydrogens is 391 g/mol. The van der Waals surface area contributed by atoms with Gasteiger partial charge in [-0.3, -0.25) is 0 Å². The zero-order valence-electron chi connectivity index (χ0n) is 11.4. The lowest BCUT2D eigenvalue weighted by Gasteiger charge is -2.15. The molecule has 3 aromatic rings. The standard InChI is InChI=1S/C19H14ClI/c20-19(14-6-9-15(21)10-7-14)17-11-8-13-5-4-12-2-1-3-16(17)18(12)13/h1-3,6-11,19H,4-5H2. The van der Waals surface area contributed by atoms with Crippen LogP contribution in [0.1, 0.15) is 27.6 Å². The second-order valence-electron chi connectivity index (χ2n) is 5.57. The van der Waals surface area contributed by atoms with Crippen molar-refractivity contribution in [1.82, 2.24) is 0 Å². The van der Waals surface area contributed by atoms with Crippen molar-refractivity contribution in [1.29, 1.82) is 0 Å². The Balaban J connectivity index is 1.89. The normalized spacial score (nSPS) is 14.6. The summed E-state index contributed by atoms with van der Waals surface area (Å²) in [6.07, 6.45) is 2.32. The van der Waals surface area contributed by atoms with Gasteiger partial charge in [0.1, 0.15) is 0 Å². The molecule has 1 unspecified atom stereocenters. The number of halogens is 2. The monoisotopic (exact) mass is 404 g/mol. The minimum atomic E-state index is -0.0908. The van der Waals surface area contributed by atoms with Crippen LogP contribution in [0.25, 0.3) is 10.8 Å². The molecule has 0 heterocycles. The van der Waals surface area contributed by atoms with Crippen LogP contribution >= 0.6 is 34.2 Å². The van der Waals surface area contributed by atoms with E-state index in [1.54, 1.807) is 0 Å². The fraction of sp³-hybridized carbons (Fsp3) is 0.158. The van der Waals surface area contributed by atoms with Gasteiger partial charge in [-0.2, -0.15) is 0 Å². The van der Waals surface area contributed by atoms with Gasteiger partial charge < -0.3 is 0 Å². The fourth-order valence-electron chi connectivity index (χ4n) is 3.30. The summed E-state index contributed by atoms with van der Waals surface area (Å²) in [6.45, 7) is 0. The number of hydrogen-bond acceptors (Lipinski definition) is 0. The van der Waals surface area contributed by atoms with Gasteiger partial charge in [0.25, 0.3) is 0 Å². The van der Waals surface area contributed by atoms with Crippen LogP contribution in [-0.2, 0) is 12.8 Å². The van der Waals surface area contributed by atoms with E-state index in [4.69, 9.17) is 11.6 Å². The average Bonchev–Trinajstić information content (AvgIpc) is 2.93. The summed E-state index contributed by atoms with van der Waals surface area (Å²) in [5, 5.41) is 2.67. The lowest BCUT2D eigenvalue weighted by atomic mass is 9.95. The minimum Gasteiger partial charge on any atom is -0.113 e. The number of benzene rings is 3. The van der Waals surface area contributed by atoms with Crippen molar-refractivity contribution in [3.05, 3.63) is 80.4 Å². The molecule has 0 nitrogen and oxygen atoms in total. The van der Waals surface area contributed by atoms with E-state index < -0.39 is 0 Å². The molecule has 0 fully saturated rings. The van der Waals surface area contributed by atoms with Crippen molar-refractivity contribution in [2.24, 2.45) is 0 Å². The highest BCUT2D eigenvalue weighted by Gasteiger charge is 2.19. The smallest absolute Gasteiger partial charge is 0.0841 e. The van der Waals surface area contributed by atoms with Gasteiger partial charge in [0.15, 0.2) is 0 Å². The maximum atomic E-state index is 6.79. The molecule has 0 radical (unpaired) electrons. The van der Waals surface area contributed by atoms with Crippen LogP contribution < -0.4 is 0 Å². The summed E-state index contributed by atoms with van der Waals surface area (Å²) >= 11 is 9.11. The Morgan fingerprint density at radius 2 is 1.57 bits per heavy atom. The number of hydrogen-bond donors (Lipinski definition) is 0. The Labute approximate surface area is 143 Å². The molecule has 0 bridgehead atoms. The molecule has 0 amide bonds. The highest BCUT2D eigenvalue weighted by Crippen LogP contribution is 2.39. The summed E-state index contributed by atoms with van der Waals surface area (Å²) in [5.41, 5.74) is 5.32. The molecule has 21 heavy (non-hydrogen) atoms. The predicted octanol–water partition coefficient (Wildman–Crippen LogP) is 5.87. The first-order valence-corrected chi connectivity index (χ1v) is 8.68. The van der Waals surface area contributed by atoms with Crippen LogP contribution in [0.5, 0.6) is 0 Å². The molecule has 104 valence electrons. The second kappa shape index (κ2) is 5.29. The highest BCUT2D eigenvalue weighted by atomic mass is 127. The zero-order chi connectivity index (χ0) is 14.4. The summed E-state index contributed by atoms with van der Waals surface area (Å²) in [5.74, 6) is 0. The van der Waals surface area contributed by atoms with Crippen molar-refractivity contribution in [2.45, 2.75) is 18.2 Å². The van der Waals surface area contributed by atoms with E-state index in [9.17, 15) is 0 Å². The average molecular weight is 405 g/mol. The van der Waals surface area contributed by atoms with E-state index in [0.29, 0.717) is 0 Å². The third-order valence-electron chi connectivity index (χ3n) is 4.35. The van der Waals surface area contributed by atoms with Crippen LogP contribution in [0.2, 0.25) is 0 Å². The summed E-state index contributed by atoms with van der Waals surface area (Å²) in [4.78, 5) is 0. The Hall–Kier alpha value is -1.06. The highest BCUT2D eigenvalue weighted by molar-refractivity contribution is 14.1. The van der Waals surface area contributed by atoms with Gasteiger partial charge in [-0.05, 0) is 80.6 Å². The van der Waals surface area contributed by atoms with Crippen molar-refractivity contribution >= 4 is 45.0 Å². The van der Waals surface area contributed by atoms with Gasteiger partial charge in [-0.15, -0.1) is 11.6 Å². The van der Waals surface area contributed by atoms with Crippen LogP contribution in [0.3, 0.4) is 0 Å². The topological polar surface area (TPSA) is 0 Å². The van der Waals surface area contributed by atoms with Gasteiger partial charge in [-0.1, -0.05) is 42.5 Å². The van der Waals surface area contributed by atoms with Crippen molar-refractivity contribution in [3.8, 4) is 0 Å². The first-order valence-electron chi connectivity index (χ1n) is 7.17. The quantitative estimate of drug-likeness (QED) is 0.370. The molecule has 1 aliphatic carbocycles. The SMILES string of the molecule is ClC(c1ccc(I)cc1)c1ccc2c3c(cccc13)CC2. The maximum absolute atomic E-state index is 6.79. The van der Waals surface area contributed by atoms with Gasteiger partial charge in [0, 0.05) is 3.57 Å². The summed E-state index contributed by atoms with van der Waals surface area (Å²) in [6, 6.07) is 19.6. The van der Waals surface area contributed by atoms with Gasteiger partial charge >= 0.3 is 0 Å². The Kier molecular flexibility index (Phi) is 3.43. The molecular formula is C19H14ClI. The van der Waals surface area contributed by atoms with E-state index in [1.807, 2.05) is 0 Å². The third-order valence-corrected chi connectivity index (χ3v) is 5.55. The zero-order valence-corrected chi connectivity index (χ0v) is 14.4. The molecule has 0 N–H and O–H groups in total. The number of rotatable bonds is 2. The Morgan fingerprint density at radius 3 is 2.33 bits per heavy atom. The summed E-state index contributed by atoms with van der Waals surface area (Å²) in [7, 11) is 0. The van der Waals surface area contributed by atoms with E-state index >= 15 is 0 Å². The summed E-state index contributed by atoms with van der Waals surface area (Å²) < 4.78 is 1.24.